The van der Waals surface area contributed by atoms with Gasteiger partial charge in [-0.15, -0.1) is 0 Å². The highest BCUT2D eigenvalue weighted by Gasteiger charge is 2.08. The van der Waals surface area contributed by atoms with Crippen molar-refractivity contribution in [2.45, 2.75) is 6.54 Å². The zero-order valence-corrected chi connectivity index (χ0v) is 7.61. The molecule has 64 valence electrons. The Bertz CT molecular complexity index is 316. The lowest BCUT2D eigenvalue weighted by Gasteiger charge is -1.98. The molecule has 5 nitrogen and oxygen atoms in total. The van der Waals surface area contributed by atoms with E-state index >= 15 is 0 Å². The number of nitrogens with two attached hydrogens (primary N) is 1. The van der Waals surface area contributed by atoms with Crippen molar-refractivity contribution in [2.75, 3.05) is 0 Å². The van der Waals surface area contributed by atoms with Crippen molar-refractivity contribution in [3.05, 3.63) is 32.5 Å². The number of pyridine rings is 1. The lowest BCUT2D eigenvalue weighted by molar-refractivity contribution is -0.385. The van der Waals surface area contributed by atoms with Gasteiger partial charge in [0.2, 0.25) is 0 Å². The van der Waals surface area contributed by atoms with Crippen molar-refractivity contribution in [1.82, 2.24) is 4.98 Å². The summed E-state index contributed by atoms with van der Waals surface area (Å²) in [6.45, 7) is 0.231. The van der Waals surface area contributed by atoms with Crippen LogP contribution in [-0.4, -0.2) is 9.91 Å². The molecule has 0 aliphatic carbocycles. The van der Waals surface area contributed by atoms with Gasteiger partial charge in [-0.2, -0.15) is 0 Å². The van der Waals surface area contributed by atoms with Crippen LogP contribution >= 0.6 is 15.9 Å². The Labute approximate surface area is 76.9 Å². The standard InChI is InChI=1S/C6H6BrN3O2/c7-6-4(2-8)1-5(3-9-6)10(11)12/h1,3H,2,8H2. The molecule has 0 atom stereocenters. The van der Waals surface area contributed by atoms with Crippen molar-refractivity contribution >= 4 is 21.6 Å². The van der Waals surface area contributed by atoms with Gasteiger partial charge in [0.05, 0.1) is 4.92 Å². The van der Waals surface area contributed by atoms with E-state index in [9.17, 15) is 10.1 Å². The van der Waals surface area contributed by atoms with E-state index in [1.54, 1.807) is 0 Å². The second-order valence-electron chi connectivity index (χ2n) is 2.10. The molecular formula is C6H6BrN3O2. The van der Waals surface area contributed by atoms with Gasteiger partial charge in [0.1, 0.15) is 10.8 Å². The van der Waals surface area contributed by atoms with Gasteiger partial charge >= 0.3 is 0 Å². The van der Waals surface area contributed by atoms with Crippen molar-refractivity contribution in [1.29, 1.82) is 0 Å². The predicted octanol–water partition coefficient (Wildman–Crippen LogP) is 1.21. The highest BCUT2D eigenvalue weighted by Crippen LogP contribution is 2.18. The van der Waals surface area contributed by atoms with Gasteiger partial charge in [-0.1, -0.05) is 0 Å². The van der Waals surface area contributed by atoms with Crippen LogP contribution < -0.4 is 5.73 Å². The fourth-order valence-electron chi connectivity index (χ4n) is 0.724. The second kappa shape index (κ2) is 3.59. The number of hydrogen-bond donors (Lipinski definition) is 1. The monoisotopic (exact) mass is 231 g/mol. The minimum Gasteiger partial charge on any atom is -0.326 e. The molecule has 2 N–H and O–H groups in total. The molecule has 0 fully saturated rings. The normalized spacial score (nSPS) is 9.83. The maximum absolute atomic E-state index is 10.3. The Hall–Kier alpha value is -1.01. The molecule has 0 aliphatic heterocycles. The smallest absolute Gasteiger partial charge is 0.287 e. The van der Waals surface area contributed by atoms with E-state index in [1.807, 2.05) is 0 Å². The minimum absolute atomic E-state index is 0.0429. The molecule has 1 aromatic rings. The number of hydrogen-bond acceptors (Lipinski definition) is 4. The summed E-state index contributed by atoms with van der Waals surface area (Å²) in [5, 5.41) is 10.3. The number of rotatable bonds is 2. The van der Waals surface area contributed by atoms with Crippen molar-refractivity contribution < 1.29 is 4.92 Å². The maximum Gasteiger partial charge on any atom is 0.287 e. The van der Waals surface area contributed by atoms with Crippen LogP contribution in [0, 0.1) is 10.1 Å². The van der Waals surface area contributed by atoms with Crippen molar-refractivity contribution in [3.63, 3.8) is 0 Å². The van der Waals surface area contributed by atoms with E-state index in [0.717, 1.165) is 0 Å². The maximum atomic E-state index is 10.3. The molecule has 0 unspecified atom stereocenters. The third kappa shape index (κ3) is 1.77. The Morgan fingerprint density at radius 1 is 1.75 bits per heavy atom. The van der Waals surface area contributed by atoms with Crippen LogP contribution in [0.3, 0.4) is 0 Å². The number of nitrogens with zero attached hydrogens (tertiary/aromatic N) is 2. The molecular weight excluding hydrogens is 226 g/mol. The topological polar surface area (TPSA) is 82.0 Å². The van der Waals surface area contributed by atoms with Crippen LogP contribution in [0.5, 0.6) is 0 Å². The average molecular weight is 232 g/mol. The van der Waals surface area contributed by atoms with E-state index in [-0.39, 0.29) is 12.2 Å². The van der Waals surface area contributed by atoms with Crippen LogP contribution in [0.2, 0.25) is 0 Å². The van der Waals surface area contributed by atoms with Gasteiger partial charge in [-0.3, -0.25) is 10.1 Å². The Kier molecular flexibility index (Phi) is 2.72. The summed E-state index contributed by atoms with van der Waals surface area (Å²) >= 11 is 3.13. The molecule has 0 saturated heterocycles. The average Bonchev–Trinajstić information content (AvgIpc) is 2.05. The van der Waals surface area contributed by atoms with Gasteiger partial charge in [0, 0.05) is 18.2 Å². The molecule has 0 aliphatic rings. The second-order valence-corrected chi connectivity index (χ2v) is 2.86. The zero-order chi connectivity index (χ0) is 9.14. The number of aromatic nitrogens is 1. The summed E-state index contributed by atoms with van der Waals surface area (Å²) in [6, 6.07) is 1.40. The van der Waals surface area contributed by atoms with Gasteiger partial charge in [-0.05, 0) is 15.9 Å². The summed E-state index contributed by atoms with van der Waals surface area (Å²) in [5.41, 5.74) is 5.91. The molecule has 12 heavy (non-hydrogen) atoms. The molecule has 6 heteroatoms. The summed E-state index contributed by atoms with van der Waals surface area (Å²) in [4.78, 5) is 13.6. The first-order chi connectivity index (χ1) is 5.65. The fraction of sp³-hybridized carbons (Fsp3) is 0.167. The molecule has 0 amide bonds. The summed E-state index contributed by atoms with van der Waals surface area (Å²) in [7, 11) is 0. The molecule has 0 radical (unpaired) electrons. The van der Waals surface area contributed by atoms with E-state index in [2.05, 4.69) is 20.9 Å². The molecule has 0 saturated carbocycles. The Balaban J connectivity index is 3.13. The fourth-order valence-corrected chi connectivity index (χ4v) is 1.10. The highest BCUT2D eigenvalue weighted by atomic mass is 79.9. The van der Waals surface area contributed by atoms with Crippen LogP contribution in [0.15, 0.2) is 16.9 Å². The first-order valence-electron chi connectivity index (χ1n) is 3.14. The highest BCUT2D eigenvalue weighted by molar-refractivity contribution is 9.10. The SMILES string of the molecule is NCc1cc([N+](=O)[O-])cnc1Br. The summed E-state index contributed by atoms with van der Waals surface area (Å²) in [5.74, 6) is 0. The van der Waals surface area contributed by atoms with Crippen LogP contribution in [-0.2, 0) is 6.54 Å². The first kappa shape index (κ1) is 9.08. The van der Waals surface area contributed by atoms with E-state index < -0.39 is 4.92 Å². The van der Waals surface area contributed by atoms with Crippen molar-refractivity contribution in [3.8, 4) is 0 Å². The Morgan fingerprint density at radius 3 is 2.92 bits per heavy atom. The van der Waals surface area contributed by atoms with E-state index in [1.165, 1.54) is 12.3 Å². The van der Waals surface area contributed by atoms with Gasteiger partial charge in [0.15, 0.2) is 0 Å². The van der Waals surface area contributed by atoms with Crippen LogP contribution in [0.1, 0.15) is 5.56 Å². The summed E-state index contributed by atoms with van der Waals surface area (Å²) in [6.07, 6.45) is 1.18. The quantitative estimate of drug-likeness (QED) is 0.472. The lowest BCUT2D eigenvalue weighted by Crippen LogP contribution is -2.00. The lowest BCUT2D eigenvalue weighted by atomic mass is 10.3. The first-order valence-corrected chi connectivity index (χ1v) is 3.93. The van der Waals surface area contributed by atoms with E-state index in [4.69, 9.17) is 5.73 Å². The third-order valence-corrected chi connectivity index (χ3v) is 2.04. The molecule has 0 aromatic carbocycles. The van der Waals surface area contributed by atoms with Gasteiger partial charge in [-0.25, -0.2) is 4.98 Å². The third-order valence-electron chi connectivity index (χ3n) is 1.33. The molecule has 0 bridgehead atoms. The zero-order valence-electron chi connectivity index (χ0n) is 6.03. The molecule has 1 heterocycles. The molecule has 1 rings (SSSR count). The predicted molar refractivity (Wildman–Crippen MR) is 46.5 cm³/mol. The van der Waals surface area contributed by atoms with Gasteiger partial charge in [0.25, 0.3) is 5.69 Å². The minimum atomic E-state index is -0.501. The summed E-state index contributed by atoms with van der Waals surface area (Å²) < 4.78 is 0.551. The number of halogens is 1. The largest absolute Gasteiger partial charge is 0.326 e. The van der Waals surface area contributed by atoms with Crippen LogP contribution in [0.25, 0.3) is 0 Å². The van der Waals surface area contributed by atoms with E-state index in [0.29, 0.717) is 10.2 Å². The van der Waals surface area contributed by atoms with Crippen LogP contribution in [0.4, 0.5) is 5.69 Å². The molecule has 1 aromatic heterocycles. The molecule has 0 spiro atoms. The number of nitro groups is 1. The van der Waals surface area contributed by atoms with Gasteiger partial charge < -0.3 is 5.73 Å². The van der Waals surface area contributed by atoms with Crippen molar-refractivity contribution in [2.24, 2.45) is 5.73 Å². The Morgan fingerprint density at radius 2 is 2.42 bits per heavy atom.